The molecule has 6 heteroatoms. The van der Waals surface area contributed by atoms with E-state index in [4.69, 9.17) is 9.47 Å². The van der Waals surface area contributed by atoms with E-state index in [1.807, 2.05) is 43.3 Å². The third-order valence-electron chi connectivity index (χ3n) is 3.67. The summed E-state index contributed by atoms with van der Waals surface area (Å²) >= 11 is 0. The van der Waals surface area contributed by atoms with Gasteiger partial charge in [0.05, 0.1) is 28.3 Å². The summed E-state index contributed by atoms with van der Waals surface area (Å²) in [6.45, 7) is 1.91. The van der Waals surface area contributed by atoms with E-state index in [-0.39, 0.29) is 18.1 Å². The van der Waals surface area contributed by atoms with Gasteiger partial charge in [0, 0.05) is 12.1 Å². The van der Waals surface area contributed by atoms with Gasteiger partial charge in [0.2, 0.25) is 0 Å². The van der Waals surface area contributed by atoms with Crippen LogP contribution in [-0.4, -0.2) is 18.8 Å². The predicted octanol–water partition coefficient (Wildman–Crippen LogP) is -1.29. The Bertz CT molecular complexity index is 760. The maximum absolute atomic E-state index is 12.1. The van der Waals surface area contributed by atoms with Crippen molar-refractivity contribution in [2.24, 2.45) is 14.1 Å². The topological polar surface area (TPSA) is 44.3 Å². The van der Waals surface area contributed by atoms with Gasteiger partial charge in [0.1, 0.15) is 22.9 Å². The molecule has 1 heterocycles. The third-order valence-corrected chi connectivity index (χ3v) is 3.67. The second kappa shape index (κ2) is 7.83. The number of nitrogens with zero attached hydrogens (tertiary/aromatic N) is 2. The second-order valence-electron chi connectivity index (χ2n) is 5.09. The molecule has 0 amide bonds. The largest absolute Gasteiger partial charge is 1.00 e. The third kappa shape index (κ3) is 4.13. The Kier molecular flexibility index (Phi) is 6.39. The second-order valence-corrected chi connectivity index (χ2v) is 5.09. The quantitative estimate of drug-likeness (QED) is 0.653. The number of methoxy groups -OCH3 is 2. The Balaban J connectivity index is 0.00000264. The molecule has 1 aromatic heterocycles. The number of hydrogen-bond donors (Lipinski definition) is 0. The van der Waals surface area contributed by atoms with Crippen LogP contribution in [0.2, 0.25) is 0 Å². The average Bonchev–Trinajstić information content (AvgIpc) is 2.54. The maximum atomic E-state index is 12.1. The normalized spacial score (nSPS) is 10.5. The predicted molar refractivity (Wildman–Crippen MR) is 86.1 cm³/mol. The maximum Gasteiger partial charge on any atom is 0.498 e. The monoisotopic (exact) mass is 336 g/mol. The Morgan fingerprint density at radius 3 is 2.13 bits per heavy atom. The van der Waals surface area contributed by atoms with Gasteiger partial charge >= 0.3 is 5.69 Å². The molecule has 2 aromatic rings. The Morgan fingerprint density at radius 2 is 1.61 bits per heavy atom. The number of halogens is 1. The van der Waals surface area contributed by atoms with Crippen LogP contribution in [-0.2, 0) is 14.1 Å². The zero-order valence-corrected chi connectivity index (χ0v) is 14.7. The van der Waals surface area contributed by atoms with Gasteiger partial charge in [-0.1, -0.05) is 6.08 Å². The SMILES string of the molecule is COc1cc(C=Cc2cc(C)n(C)c(=O)[n+]2C)cc(OC)c1.[Cl-]. The van der Waals surface area contributed by atoms with E-state index in [2.05, 4.69) is 0 Å². The number of ether oxygens (including phenoxy) is 2. The summed E-state index contributed by atoms with van der Waals surface area (Å²) in [7, 11) is 6.75. The van der Waals surface area contributed by atoms with Crippen molar-refractivity contribution >= 4 is 12.2 Å². The van der Waals surface area contributed by atoms with Crippen LogP contribution in [0.1, 0.15) is 17.0 Å². The molecule has 23 heavy (non-hydrogen) atoms. The number of benzene rings is 1. The van der Waals surface area contributed by atoms with Gasteiger partial charge < -0.3 is 21.9 Å². The average molecular weight is 337 g/mol. The minimum atomic E-state index is -0.0529. The van der Waals surface area contributed by atoms with Crippen molar-refractivity contribution in [1.29, 1.82) is 0 Å². The molecule has 0 aliphatic carbocycles. The smallest absolute Gasteiger partial charge is 0.498 e. The number of hydrogen-bond acceptors (Lipinski definition) is 3. The molecule has 0 aliphatic rings. The lowest BCUT2D eigenvalue weighted by Gasteiger charge is -2.06. The van der Waals surface area contributed by atoms with Gasteiger partial charge in [-0.2, -0.15) is 13.9 Å². The molecule has 0 atom stereocenters. The van der Waals surface area contributed by atoms with E-state index in [1.54, 1.807) is 37.4 Å². The summed E-state index contributed by atoms with van der Waals surface area (Å²) in [5.74, 6) is 1.45. The summed E-state index contributed by atoms with van der Waals surface area (Å²) in [5, 5.41) is 0. The van der Waals surface area contributed by atoms with Gasteiger partial charge in [0.25, 0.3) is 0 Å². The molecule has 0 N–H and O–H groups in total. The molecule has 0 saturated carbocycles. The van der Waals surface area contributed by atoms with Crippen LogP contribution in [0.4, 0.5) is 0 Å². The summed E-state index contributed by atoms with van der Waals surface area (Å²) in [6.07, 6.45) is 3.84. The Labute approximate surface area is 142 Å². The first-order valence-corrected chi connectivity index (χ1v) is 6.94. The number of rotatable bonds is 4. The molecule has 1 aromatic carbocycles. The fraction of sp³-hybridized carbons (Fsp3) is 0.294. The minimum Gasteiger partial charge on any atom is -1.00 e. The molecule has 124 valence electrons. The number of aryl methyl sites for hydroxylation is 1. The first-order chi connectivity index (χ1) is 10.5. The van der Waals surface area contributed by atoms with Crippen LogP contribution in [0.15, 0.2) is 29.1 Å². The van der Waals surface area contributed by atoms with Crippen molar-refractivity contribution in [3.63, 3.8) is 0 Å². The van der Waals surface area contributed by atoms with Crippen molar-refractivity contribution in [1.82, 2.24) is 4.57 Å². The molecule has 0 bridgehead atoms. The van der Waals surface area contributed by atoms with E-state index >= 15 is 0 Å². The lowest BCUT2D eigenvalue weighted by atomic mass is 10.1. The van der Waals surface area contributed by atoms with Gasteiger partial charge in [-0.15, -0.1) is 0 Å². The van der Waals surface area contributed by atoms with Crippen LogP contribution < -0.4 is 32.1 Å². The van der Waals surface area contributed by atoms with E-state index in [0.29, 0.717) is 0 Å². The summed E-state index contributed by atoms with van der Waals surface area (Å²) < 4.78 is 13.7. The minimum absolute atomic E-state index is 0. The molecular weight excluding hydrogens is 316 g/mol. The molecule has 0 radical (unpaired) electrons. The van der Waals surface area contributed by atoms with Crippen molar-refractivity contribution in [3.05, 3.63) is 51.7 Å². The van der Waals surface area contributed by atoms with Crippen LogP contribution in [0, 0.1) is 6.92 Å². The van der Waals surface area contributed by atoms with Crippen molar-refractivity contribution in [3.8, 4) is 11.5 Å². The van der Waals surface area contributed by atoms with Crippen molar-refractivity contribution in [2.75, 3.05) is 14.2 Å². The van der Waals surface area contributed by atoms with E-state index < -0.39 is 0 Å². The van der Waals surface area contributed by atoms with Gasteiger partial charge in [0.15, 0.2) is 0 Å². The van der Waals surface area contributed by atoms with E-state index in [9.17, 15) is 4.79 Å². The van der Waals surface area contributed by atoms with Crippen LogP contribution >= 0.6 is 0 Å². The lowest BCUT2D eigenvalue weighted by Crippen LogP contribution is -3.00. The first-order valence-electron chi connectivity index (χ1n) is 6.94. The highest BCUT2D eigenvalue weighted by Gasteiger charge is 2.11. The molecule has 2 rings (SSSR count). The summed E-state index contributed by atoms with van der Waals surface area (Å²) in [6, 6.07) is 7.61. The van der Waals surface area contributed by atoms with Crippen LogP contribution in [0.3, 0.4) is 0 Å². The van der Waals surface area contributed by atoms with E-state index in [0.717, 1.165) is 28.5 Å². The van der Waals surface area contributed by atoms with Crippen molar-refractivity contribution < 1.29 is 26.4 Å². The van der Waals surface area contributed by atoms with E-state index in [1.165, 1.54) is 0 Å². The zero-order chi connectivity index (χ0) is 16.3. The lowest BCUT2D eigenvalue weighted by molar-refractivity contribution is -0.692. The van der Waals surface area contributed by atoms with Crippen LogP contribution in [0.25, 0.3) is 12.2 Å². The Hall–Kier alpha value is -2.27. The number of aromatic nitrogens is 2. The first kappa shape index (κ1) is 18.8. The molecule has 0 spiro atoms. The standard InChI is InChI=1S/C17H21N2O3.ClH/c1-12-8-14(19(3)17(20)18(12)2)7-6-13-9-15(21-4)11-16(10-13)22-5;/h6-11H,1-5H3;1H/q+1;/p-1. The highest BCUT2D eigenvalue weighted by Crippen LogP contribution is 2.23. The van der Waals surface area contributed by atoms with Crippen LogP contribution in [0.5, 0.6) is 11.5 Å². The summed E-state index contributed by atoms with van der Waals surface area (Å²) in [4.78, 5) is 12.1. The molecular formula is C17H21ClN2O3. The summed E-state index contributed by atoms with van der Waals surface area (Å²) in [5.41, 5.74) is 2.63. The van der Waals surface area contributed by atoms with Gasteiger partial charge in [-0.05, 0) is 30.7 Å². The highest BCUT2D eigenvalue weighted by atomic mass is 35.5. The van der Waals surface area contributed by atoms with Gasteiger partial charge in [-0.3, -0.25) is 0 Å². The molecule has 5 nitrogen and oxygen atoms in total. The Morgan fingerprint density at radius 1 is 1.04 bits per heavy atom. The zero-order valence-electron chi connectivity index (χ0n) is 14.0. The molecule has 0 unspecified atom stereocenters. The molecule has 0 fully saturated rings. The highest BCUT2D eigenvalue weighted by molar-refractivity contribution is 5.68. The fourth-order valence-corrected chi connectivity index (χ4v) is 2.16. The van der Waals surface area contributed by atoms with Crippen molar-refractivity contribution in [2.45, 2.75) is 6.92 Å². The molecule has 0 aliphatic heterocycles. The fourth-order valence-electron chi connectivity index (χ4n) is 2.16. The van der Waals surface area contributed by atoms with Gasteiger partial charge in [-0.25, -0.2) is 0 Å². The molecule has 0 saturated heterocycles.